The van der Waals surface area contributed by atoms with E-state index in [0.29, 0.717) is 44.8 Å². The molecule has 3 fully saturated rings. The molecule has 2 unspecified atom stereocenters. The maximum Gasteiger partial charge on any atom is 0.418 e. The number of fused-ring (bicyclic) bond motifs is 2. The molecule has 15 heteroatoms. The van der Waals surface area contributed by atoms with E-state index in [9.17, 15) is 17.6 Å². The van der Waals surface area contributed by atoms with E-state index >= 15 is 4.39 Å². The quantitative estimate of drug-likeness (QED) is 0.262. The lowest BCUT2D eigenvalue weighted by atomic mass is 9.81. The highest BCUT2D eigenvalue weighted by atomic mass is 35.5. The third-order valence-electron chi connectivity index (χ3n) is 9.59. The molecule has 7 rings (SSSR count). The lowest BCUT2D eigenvalue weighted by molar-refractivity contribution is -0.137. The normalized spacial score (nSPS) is 26.2. The van der Waals surface area contributed by atoms with Crippen LogP contribution in [0.2, 0.25) is 5.02 Å². The minimum atomic E-state index is -4.94. The molecule has 1 saturated carbocycles. The number of benzene rings is 1. The molecule has 0 bridgehead atoms. The van der Waals surface area contributed by atoms with E-state index in [1.165, 1.54) is 0 Å². The lowest BCUT2D eigenvalue weighted by Crippen LogP contribution is -2.47. The Balaban J connectivity index is 1.42. The topological polar surface area (TPSA) is 102 Å². The first-order valence-electron chi connectivity index (χ1n) is 15.1. The van der Waals surface area contributed by atoms with Crippen LogP contribution in [0, 0.1) is 11.7 Å². The van der Waals surface area contributed by atoms with Gasteiger partial charge in [0.2, 0.25) is 5.88 Å². The van der Waals surface area contributed by atoms with Gasteiger partial charge in [0.1, 0.15) is 41.3 Å². The van der Waals surface area contributed by atoms with E-state index in [0.717, 1.165) is 37.9 Å². The Morgan fingerprint density at radius 3 is 2.76 bits per heavy atom. The van der Waals surface area contributed by atoms with Crippen molar-refractivity contribution in [2.75, 3.05) is 57.0 Å². The Kier molecular flexibility index (Phi) is 7.59. The molecule has 45 heavy (non-hydrogen) atoms. The largest absolute Gasteiger partial charge is 0.473 e. The van der Waals surface area contributed by atoms with E-state index in [1.807, 2.05) is 11.9 Å². The van der Waals surface area contributed by atoms with Crippen LogP contribution in [0.25, 0.3) is 22.2 Å². The van der Waals surface area contributed by atoms with Crippen LogP contribution in [-0.2, 0) is 6.18 Å². The number of nitrogens with one attached hydrogen (secondary N) is 1. The second kappa shape index (κ2) is 11.2. The lowest BCUT2D eigenvalue weighted by Gasteiger charge is -2.42. The number of rotatable bonds is 7. The number of likely N-dealkylation sites (N-methyl/N-ethyl adjacent to an activating group) is 1. The molecule has 3 aromatic rings. The number of nitrogens with two attached hydrogens (primary N) is 1. The zero-order valence-corrected chi connectivity index (χ0v) is 25.3. The molecule has 2 aromatic heterocycles. The number of pyridine rings is 1. The molecular weight excluding hydrogens is 621 g/mol. The summed E-state index contributed by atoms with van der Waals surface area (Å²) in [5.41, 5.74) is 2.42. The molecule has 3 N–H and O–H groups in total. The molecule has 1 aliphatic carbocycles. The summed E-state index contributed by atoms with van der Waals surface area (Å²) < 4.78 is 86.4. The van der Waals surface area contributed by atoms with Gasteiger partial charge in [-0.3, -0.25) is 4.90 Å². The van der Waals surface area contributed by atoms with Crippen molar-refractivity contribution in [1.29, 1.82) is 0 Å². The van der Waals surface area contributed by atoms with Crippen molar-refractivity contribution in [2.45, 2.75) is 56.1 Å². The fourth-order valence-corrected chi connectivity index (χ4v) is 7.60. The summed E-state index contributed by atoms with van der Waals surface area (Å²) in [6, 6.07) is 1.79. The SMILES string of the molecule is CNCCN1CC2CCC2Oc2nc(-c3cc(N)cc(Cl)c3C(F)(F)F)c(F)c3nc(OC[C@@]45CCCN4C[C@H](F)C5)nc1c23. The van der Waals surface area contributed by atoms with E-state index in [-0.39, 0.29) is 47.1 Å². The third-order valence-corrected chi connectivity index (χ3v) is 9.89. The molecule has 4 aliphatic rings. The molecule has 2 saturated heterocycles. The fourth-order valence-electron chi connectivity index (χ4n) is 7.27. The van der Waals surface area contributed by atoms with Gasteiger partial charge in [-0.15, -0.1) is 0 Å². The van der Waals surface area contributed by atoms with Crippen molar-refractivity contribution < 1.29 is 31.4 Å². The van der Waals surface area contributed by atoms with Gasteiger partial charge in [-0.2, -0.15) is 23.1 Å². The van der Waals surface area contributed by atoms with Crippen LogP contribution in [0.15, 0.2) is 12.1 Å². The molecule has 0 spiro atoms. The first kappa shape index (κ1) is 30.4. The van der Waals surface area contributed by atoms with Crippen LogP contribution >= 0.6 is 11.6 Å². The van der Waals surface area contributed by atoms with Crippen LogP contribution in [0.3, 0.4) is 0 Å². The predicted molar refractivity (Wildman–Crippen MR) is 159 cm³/mol. The van der Waals surface area contributed by atoms with Crippen molar-refractivity contribution in [2.24, 2.45) is 5.92 Å². The number of aromatic nitrogens is 3. The van der Waals surface area contributed by atoms with Crippen LogP contribution in [0.1, 0.15) is 37.7 Å². The van der Waals surface area contributed by atoms with Gasteiger partial charge < -0.3 is 25.4 Å². The molecule has 1 aromatic carbocycles. The zero-order valence-electron chi connectivity index (χ0n) is 24.6. The summed E-state index contributed by atoms with van der Waals surface area (Å²) in [6.45, 7) is 2.80. The first-order valence-corrected chi connectivity index (χ1v) is 15.5. The van der Waals surface area contributed by atoms with E-state index in [4.69, 9.17) is 31.8 Å². The average Bonchev–Trinajstić information content (AvgIpc) is 3.49. The van der Waals surface area contributed by atoms with Crippen molar-refractivity contribution in [3.05, 3.63) is 28.5 Å². The summed E-state index contributed by atoms with van der Waals surface area (Å²) in [5.74, 6) is -0.795. The molecule has 0 amide bonds. The second-order valence-corrected chi connectivity index (χ2v) is 12.9. The number of nitrogen functional groups attached to an aromatic ring is 1. The van der Waals surface area contributed by atoms with Gasteiger partial charge >= 0.3 is 12.2 Å². The van der Waals surface area contributed by atoms with Crippen molar-refractivity contribution in [3.63, 3.8) is 0 Å². The Morgan fingerprint density at radius 2 is 2.02 bits per heavy atom. The number of alkyl halides is 4. The van der Waals surface area contributed by atoms with Gasteiger partial charge in [-0.1, -0.05) is 11.6 Å². The van der Waals surface area contributed by atoms with Crippen LogP contribution in [-0.4, -0.2) is 84.0 Å². The molecule has 5 heterocycles. The summed E-state index contributed by atoms with van der Waals surface area (Å²) >= 11 is 6.03. The highest BCUT2D eigenvalue weighted by Gasteiger charge is 2.49. The number of ether oxygens (including phenoxy) is 2. The summed E-state index contributed by atoms with van der Waals surface area (Å²) in [6.07, 6.45) is -2.66. The highest BCUT2D eigenvalue weighted by Crippen LogP contribution is 2.48. The van der Waals surface area contributed by atoms with E-state index in [2.05, 4.69) is 20.2 Å². The van der Waals surface area contributed by atoms with Crippen LogP contribution in [0.5, 0.6) is 11.9 Å². The zero-order chi connectivity index (χ0) is 31.7. The monoisotopic (exact) mass is 653 g/mol. The van der Waals surface area contributed by atoms with Gasteiger partial charge in [0.25, 0.3) is 0 Å². The molecule has 3 aliphatic heterocycles. The van der Waals surface area contributed by atoms with E-state index < -0.39 is 45.5 Å². The van der Waals surface area contributed by atoms with Gasteiger partial charge in [0.15, 0.2) is 5.82 Å². The molecule has 4 atom stereocenters. The molecule has 242 valence electrons. The fraction of sp³-hybridized carbons (Fsp3) is 0.567. The number of hydrogen-bond donors (Lipinski definition) is 2. The molecular formula is C30H33ClF5N7O2. The summed E-state index contributed by atoms with van der Waals surface area (Å²) in [5, 5.41) is 2.57. The number of halogens is 6. The predicted octanol–water partition coefficient (Wildman–Crippen LogP) is 5.24. The second-order valence-electron chi connectivity index (χ2n) is 12.5. The minimum absolute atomic E-state index is 0.0740. The van der Waals surface area contributed by atoms with E-state index in [1.54, 1.807) is 0 Å². The Morgan fingerprint density at radius 1 is 1.20 bits per heavy atom. The Labute approximate surface area is 261 Å². The van der Waals surface area contributed by atoms with Crippen LogP contribution < -0.4 is 25.4 Å². The van der Waals surface area contributed by atoms with Gasteiger partial charge in [-0.05, 0) is 51.4 Å². The minimum Gasteiger partial charge on any atom is -0.473 e. The van der Waals surface area contributed by atoms with Crippen molar-refractivity contribution in [3.8, 4) is 23.1 Å². The number of anilines is 2. The Hall–Kier alpha value is -3.23. The third kappa shape index (κ3) is 5.28. The first-order chi connectivity index (χ1) is 21.5. The smallest absolute Gasteiger partial charge is 0.418 e. The molecule has 9 nitrogen and oxygen atoms in total. The maximum absolute atomic E-state index is 16.7. The summed E-state index contributed by atoms with van der Waals surface area (Å²) in [4.78, 5) is 17.6. The molecule has 0 radical (unpaired) electrons. The standard InChI is InChI=1S/C30H33ClF5N7O2/c1-38-6-8-42-12-15-3-4-20(15)45-27-21-25(23(33)24(39-27)18-9-17(37)10-19(31)22(18)30(34,35)36)40-28(41-26(21)42)44-14-29-5-2-7-43(29)13-16(32)11-29/h9-10,15-16,20,38H,2-8,11-14,37H2,1H3/t15?,16-,20?,29+/m1/s1. The highest BCUT2D eigenvalue weighted by molar-refractivity contribution is 6.32. The number of nitrogens with zero attached hydrogens (tertiary/aromatic N) is 5. The van der Waals surface area contributed by atoms with Crippen LogP contribution in [0.4, 0.5) is 33.5 Å². The van der Waals surface area contributed by atoms with Crippen molar-refractivity contribution >= 4 is 34.0 Å². The van der Waals surface area contributed by atoms with Gasteiger partial charge in [0, 0.05) is 49.8 Å². The maximum atomic E-state index is 16.7. The summed E-state index contributed by atoms with van der Waals surface area (Å²) in [7, 11) is 1.81. The average molecular weight is 654 g/mol. The van der Waals surface area contributed by atoms with Gasteiger partial charge in [0.05, 0.1) is 16.1 Å². The van der Waals surface area contributed by atoms with Gasteiger partial charge in [-0.25, -0.2) is 13.8 Å². The van der Waals surface area contributed by atoms with Crippen molar-refractivity contribution in [1.82, 2.24) is 25.2 Å². The number of hydrogen-bond acceptors (Lipinski definition) is 9. The Bertz CT molecular complexity index is 1640.